The Bertz CT molecular complexity index is 1040. The van der Waals surface area contributed by atoms with Gasteiger partial charge in [-0.2, -0.15) is 0 Å². The molecule has 152 valence electrons. The molecule has 2 amide bonds. The molecule has 1 heterocycles. The zero-order chi connectivity index (χ0) is 21.0. The molecular weight excluding hydrogens is 374 g/mol. The highest BCUT2D eigenvalue weighted by Crippen LogP contribution is 2.28. The molecule has 3 rings (SSSR count). The second-order valence-electron chi connectivity index (χ2n) is 6.49. The quantitative estimate of drug-likeness (QED) is 0.552. The summed E-state index contributed by atoms with van der Waals surface area (Å²) in [6.45, 7) is -0.0974. The average molecular weight is 397 g/mol. The first-order valence-corrected chi connectivity index (χ1v) is 8.97. The van der Waals surface area contributed by atoms with Crippen LogP contribution in [0.3, 0.4) is 0 Å². The number of nitrogens with one attached hydrogen (secondary N) is 2. The van der Waals surface area contributed by atoms with Crippen molar-refractivity contribution in [3.63, 3.8) is 0 Å². The van der Waals surface area contributed by atoms with Crippen LogP contribution in [0.1, 0.15) is 11.7 Å². The molecule has 0 saturated heterocycles. The van der Waals surface area contributed by atoms with E-state index in [1.807, 2.05) is 36.0 Å². The SMILES string of the molecule is COc1ccc(OC)c(NC(=O)C(=O)NCC(O)c2ccc3c(ccn3C)c2)c1. The number of ether oxygens (including phenoxy) is 2. The van der Waals surface area contributed by atoms with E-state index in [2.05, 4.69) is 10.6 Å². The first-order chi connectivity index (χ1) is 13.9. The van der Waals surface area contributed by atoms with Crippen LogP contribution in [0.4, 0.5) is 5.69 Å². The Kier molecular flexibility index (Phi) is 6.04. The van der Waals surface area contributed by atoms with Gasteiger partial charge in [0.15, 0.2) is 0 Å². The molecule has 1 unspecified atom stereocenters. The number of methoxy groups -OCH3 is 2. The Morgan fingerprint density at radius 1 is 1.07 bits per heavy atom. The van der Waals surface area contributed by atoms with Gasteiger partial charge in [-0.1, -0.05) is 6.07 Å². The number of carbonyl (C=O) groups is 2. The van der Waals surface area contributed by atoms with Crippen LogP contribution in [0.25, 0.3) is 10.9 Å². The zero-order valence-corrected chi connectivity index (χ0v) is 16.4. The van der Waals surface area contributed by atoms with E-state index in [0.717, 1.165) is 10.9 Å². The van der Waals surface area contributed by atoms with E-state index >= 15 is 0 Å². The molecule has 2 aromatic carbocycles. The molecule has 3 aromatic rings. The monoisotopic (exact) mass is 397 g/mol. The van der Waals surface area contributed by atoms with Crippen molar-refractivity contribution in [1.82, 2.24) is 9.88 Å². The fourth-order valence-electron chi connectivity index (χ4n) is 2.99. The largest absolute Gasteiger partial charge is 0.497 e. The van der Waals surface area contributed by atoms with Crippen LogP contribution < -0.4 is 20.1 Å². The van der Waals surface area contributed by atoms with Crippen LogP contribution >= 0.6 is 0 Å². The molecule has 0 aliphatic heterocycles. The molecule has 0 fully saturated rings. The summed E-state index contributed by atoms with van der Waals surface area (Å²) < 4.78 is 12.3. The predicted molar refractivity (Wildman–Crippen MR) is 109 cm³/mol. The highest BCUT2D eigenvalue weighted by Gasteiger charge is 2.18. The average Bonchev–Trinajstić information content (AvgIpc) is 3.11. The van der Waals surface area contributed by atoms with Gasteiger partial charge in [-0.25, -0.2) is 0 Å². The first-order valence-electron chi connectivity index (χ1n) is 8.97. The summed E-state index contributed by atoms with van der Waals surface area (Å²) in [5.41, 5.74) is 2.00. The predicted octanol–water partition coefficient (Wildman–Crippen LogP) is 1.98. The van der Waals surface area contributed by atoms with E-state index in [1.165, 1.54) is 14.2 Å². The van der Waals surface area contributed by atoms with E-state index in [9.17, 15) is 14.7 Å². The van der Waals surface area contributed by atoms with E-state index in [1.54, 1.807) is 24.3 Å². The highest BCUT2D eigenvalue weighted by molar-refractivity contribution is 6.39. The molecule has 0 radical (unpaired) electrons. The van der Waals surface area contributed by atoms with Crippen LogP contribution in [-0.4, -0.2) is 42.3 Å². The van der Waals surface area contributed by atoms with E-state index in [4.69, 9.17) is 9.47 Å². The molecule has 0 aliphatic rings. The van der Waals surface area contributed by atoms with E-state index in [-0.39, 0.29) is 6.54 Å². The second-order valence-corrected chi connectivity index (χ2v) is 6.49. The standard InChI is InChI=1S/C21H23N3O5/c1-24-9-8-13-10-14(4-6-17(13)24)18(25)12-22-20(26)21(27)23-16-11-15(28-2)5-7-19(16)29-3/h4-11,18,25H,12H2,1-3H3,(H,22,26)(H,23,27). The fraction of sp³-hybridized carbons (Fsp3) is 0.238. The summed E-state index contributed by atoms with van der Waals surface area (Å²) in [6, 6.07) is 12.3. The summed E-state index contributed by atoms with van der Waals surface area (Å²) in [6.07, 6.45) is 0.988. The number of aliphatic hydroxyl groups is 1. The number of hydrogen-bond acceptors (Lipinski definition) is 5. The third kappa shape index (κ3) is 4.49. The van der Waals surface area contributed by atoms with Crippen molar-refractivity contribution in [2.24, 2.45) is 7.05 Å². The summed E-state index contributed by atoms with van der Waals surface area (Å²) in [4.78, 5) is 24.3. The van der Waals surface area contributed by atoms with Crippen LogP contribution in [0.15, 0.2) is 48.7 Å². The van der Waals surface area contributed by atoms with Gasteiger partial charge in [0.2, 0.25) is 0 Å². The minimum absolute atomic E-state index is 0.0974. The van der Waals surface area contributed by atoms with Gasteiger partial charge in [0.1, 0.15) is 11.5 Å². The first kappa shape index (κ1) is 20.2. The van der Waals surface area contributed by atoms with E-state index in [0.29, 0.717) is 22.7 Å². The van der Waals surface area contributed by atoms with E-state index < -0.39 is 17.9 Å². The summed E-state index contributed by atoms with van der Waals surface area (Å²) in [7, 11) is 4.89. The van der Waals surface area contributed by atoms with Crippen LogP contribution in [0.2, 0.25) is 0 Å². The molecule has 0 spiro atoms. The molecule has 8 heteroatoms. The molecule has 8 nitrogen and oxygen atoms in total. The summed E-state index contributed by atoms with van der Waals surface area (Å²) in [5, 5.41) is 16.3. The van der Waals surface area contributed by atoms with Crippen molar-refractivity contribution in [1.29, 1.82) is 0 Å². The Morgan fingerprint density at radius 2 is 1.86 bits per heavy atom. The Hall–Kier alpha value is -3.52. The highest BCUT2D eigenvalue weighted by atomic mass is 16.5. The molecule has 29 heavy (non-hydrogen) atoms. The maximum absolute atomic E-state index is 12.2. The van der Waals surface area contributed by atoms with Crippen molar-refractivity contribution in [3.8, 4) is 11.5 Å². The third-order valence-electron chi connectivity index (χ3n) is 4.61. The lowest BCUT2D eigenvalue weighted by Crippen LogP contribution is -2.37. The summed E-state index contributed by atoms with van der Waals surface area (Å²) in [5.74, 6) is -0.839. The maximum atomic E-state index is 12.2. The number of amides is 2. The molecule has 1 aromatic heterocycles. The number of hydrogen-bond donors (Lipinski definition) is 3. The van der Waals surface area contributed by atoms with Gasteiger partial charge in [0, 0.05) is 31.4 Å². The molecule has 3 N–H and O–H groups in total. The summed E-state index contributed by atoms with van der Waals surface area (Å²) >= 11 is 0. The number of nitrogens with zero attached hydrogens (tertiary/aromatic N) is 1. The molecule has 1 atom stereocenters. The Labute approximate surface area is 168 Å². The molecule has 0 saturated carbocycles. The van der Waals surface area contributed by atoms with Crippen LogP contribution in [0.5, 0.6) is 11.5 Å². The number of aryl methyl sites for hydroxylation is 1. The van der Waals surface area contributed by atoms with Gasteiger partial charge < -0.3 is 29.8 Å². The normalized spacial score (nSPS) is 11.7. The van der Waals surface area contributed by atoms with Crippen molar-refractivity contribution in [3.05, 3.63) is 54.2 Å². The van der Waals surface area contributed by atoms with Gasteiger partial charge in [0.25, 0.3) is 0 Å². The maximum Gasteiger partial charge on any atom is 0.313 e. The molecule has 0 aliphatic carbocycles. The van der Waals surface area contributed by atoms with Crippen LogP contribution in [0, 0.1) is 0 Å². The Morgan fingerprint density at radius 3 is 2.59 bits per heavy atom. The van der Waals surface area contributed by atoms with Gasteiger partial charge >= 0.3 is 11.8 Å². The third-order valence-corrected chi connectivity index (χ3v) is 4.61. The number of rotatable bonds is 6. The van der Waals surface area contributed by atoms with Crippen molar-refractivity contribution in [2.75, 3.05) is 26.1 Å². The van der Waals surface area contributed by atoms with Crippen molar-refractivity contribution >= 4 is 28.4 Å². The van der Waals surface area contributed by atoms with Crippen LogP contribution in [-0.2, 0) is 16.6 Å². The minimum atomic E-state index is -0.942. The fourth-order valence-corrected chi connectivity index (χ4v) is 2.99. The van der Waals surface area contributed by atoms with Gasteiger partial charge in [-0.15, -0.1) is 0 Å². The smallest absolute Gasteiger partial charge is 0.313 e. The zero-order valence-electron chi connectivity index (χ0n) is 16.4. The van der Waals surface area contributed by atoms with Crippen molar-refractivity contribution in [2.45, 2.75) is 6.10 Å². The number of aromatic nitrogens is 1. The number of aliphatic hydroxyl groups excluding tert-OH is 1. The molecule has 0 bridgehead atoms. The minimum Gasteiger partial charge on any atom is -0.497 e. The number of anilines is 1. The lowest BCUT2D eigenvalue weighted by atomic mass is 10.1. The lowest BCUT2D eigenvalue weighted by Gasteiger charge is -2.14. The van der Waals surface area contributed by atoms with Gasteiger partial charge in [0.05, 0.1) is 26.0 Å². The van der Waals surface area contributed by atoms with Gasteiger partial charge in [-0.05, 0) is 41.3 Å². The lowest BCUT2D eigenvalue weighted by molar-refractivity contribution is -0.136. The van der Waals surface area contributed by atoms with Gasteiger partial charge in [-0.3, -0.25) is 9.59 Å². The number of benzene rings is 2. The molecular formula is C21H23N3O5. The second kappa shape index (κ2) is 8.66. The van der Waals surface area contributed by atoms with Crippen molar-refractivity contribution < 1.29 is 24.2 Å². The Balaban J connectivity index is 1.61. The number of fused-ring (bicyclic) bond motifs is 1. The number of carbonyl (C=O) groups excluding carboxylic acids is 2. The topological polar surface area (TPSA) is 102 Å².